The number of carbonyl (C=O) groups is 4. The van der Waals surface area contributed by atoms with Crippen molar-refractivity contribution in [1.29, 1.82) is 0 Å². The number of allylic oxidation sites excluding steroid dienone is 3. The van der Waals surface area contributed by atoms with Gasteiger partial charge in [-0.1, -0.05) is 42.3 Å². The van der Waals surface area contributed by atoms with E-state index in [1.54, 1.807) is 52.1 Å². The summed E-state index contributed by atoms with van der Waals surface area (Å²) in [6.07, 6.45) is 1.25. The number of amides is 3. The minimum absolute atomic E-state index is 0.0480. The molecule has 2 fully saturated rings. The van der Waals surface area contributed by atoms with Crippen molar-refractivity contribution in [3.05, 3.63) is 46.5 Å². The van der Waals surface area contributed by atoms with Crippen LogP contribution in [-0.2, 0) is 39.8 Å². The van der Waals surface area contributed by atoms with Crippen LogP contribution in [0.2, 0.25) is 5.02 Å². The van der Waals surface area contributed by atoms with Gasteiger partial charge < -0.3 is 38.6 Å². The van der Waals surface area contributed by atoms with Gasteiger partial charge in [0.2, 0.25) is 11.8 Å². The number of halogens is 1. The normalized spacial score (nSPS) is 34.3. The molecular formula is C35H48ClN3O10. The van der Waals surface area contributed by atoms with E-state index in [1.807, 2.05) is 13.0 Å². The van der Waals surface area contributed by atoms with E-state index in [0.29, 0.717) is 17.9 Å². The van der Waals surface area contributed by atoms with Crippen molar-refractivity contribution in [3.63, 3.8) is 0 Å². The molecule has 2 unspecified atom stereocenters. The molecule has 0 spiro atoms. The topological polar surface area (TPSA) is 156 Å². The average molecular weight is 706 g/mol. The first-order valence-electron chi connectivity index (χ1n) is 16.2. The van der Waals surface area contributed by atoms with Gasteiger partial charge in [-0.05, 0) is 51.8 Å². The maximum Gasteiger partial charge on any atom is 0.409 e. The molecule has 0 radical (unpaired) electrons. The van der Waals surface area contributed by atoms with Crippen LogP contribution in [-0.4, -0.2) is 104 Å². The Kier molecular flexibility index (Phi) is 11.4. The molecule has 49 heavy (non-hydrogen) atoms. The largest absolute Gasteiger partial charge is 0.495 e. The van der Waals surface area contributed by atoms with Crippen LogP contribution in [0, 0.1) is 11.8 Å². The summed E-state index contributed by atoms with van der Waals surface area (Å²) in [6, 6.07) is 2.63. The number of fused-ring (bicyclic) bond motifs is 5. The molecule has 3 heterocycles. The van der Waals surface area contributed by atoms with Gasteiger partial charge in [0, 0.05) is 40.5 Å². The van der Waals surface area contributed by atoms with Gasteiger partial charge in [0.05, 0.1) is 24.8 Å². The number of anilines is 1. The molecular weight excluding hydrogens is 658 g/mol. The minimum Gasteiger partial charge on any atom is -0.495 e. The molecule has 13 nitrogen and oxygen atoms in total. The van der Waals surface area contributed by atoms with E-state index in [-0.39, 0.29) is 17.4 Å². The molecule has 2 saturated heterocycles. The molecule has 4 bridgehead atoms. The lowest BCUT2D eigenvalue weighted by molar-refractivity contribution is -0.164. The van der Waals surface area contributed by atoms with Crippen LogP contribution in [0.1, 0.15) is 53.5 Å². The van der Waals surface area contributed by atoms with Crippen LogP contribution in [0.15, 0.2) is 35.9 Å². The molecule has 14 heteroatoms. The lowest BCUT2D eigenvalue weighted by atomic mass is 9.81. The molecule has 2 N–H and O–H groups in total. The number of esters is 1. The molecule has 1 aromatic rings. The summed E-state index contributed by atoms with van der Waals surface area (Å²) in [5.74, 6) is -2.62. The third-order valence-corrected chi connectivity index (χ3v) is 10.4. The van der Waals surface area contributed by atoms with Crippen molar-refractivity contribution >= 4 is 41.2 Å². The van der Waals surface area contributed by atoms with Crippen LogP contribution in [0.25, 0.3) is 0 Å². The van der Waals surface area contributed by atoms with Gasteiger partial charge in [-0.15, -0.1) is 0 Å². The van der Waals surface area contributed by atoms with Gasteiger partial charge >= 0.3 is 12.1 Å². The number of benzene rings is 1. The summed E-state index contributed by atoms with van der Waals surface area (Å²) in [7, 11) is 5.98. The molecule has 3 aliphatic heterocycles. The zero-order valence-electron chi connectivity index (χ0n) is 29.7. The number of likely N-dealkylation sites (N-methyl/N-ethyl adjacent to an activating group) is 1. The Bertz CT molecular complexity index is 1530. The molecule has 3 aliphatic rings. The number of nitrogens with zero attached hydrogens (tertiary/aromatic N) is 2. The number of methoxy groups -OCH3 is 2. The molecule has 1 aromatic carbocycles. The quantitative estimate of drug-likeness (QED) is 0.342. The summed E-state index contributed by atoms with van der Waals surface area (Å²) in [5, 5.41) is 14.4. The zero-order chi connectivity index (χ0) is 36.6. The number of hydrogen-bond acceptors (Lipinski definition) is 10. The van der Waals surface area contributed by atoms with Gasteiger partial charge in [-0.2, -0.15) is 0 Å². The highest BCUT2D eigenvalue weighted by Crippen LogP contribution is 2.50. The monoisotopic (exact) mass is 705 g/mol. The molecule has 4 rings (SSSR count). The number of hydrogen-bond donors (Lipinski definition) is 2. The Balaban J connectivity index is 1.84. The van der Waals surface area contributed by atoms with Gasteiger partial charge in [0.25, 0.3) is 0 Å². The van der Waals surface area contributed by atoms with Gasteiger partial charge in [-0.3, -0.25) is 14.9 Å². The molecule has 3 amide bonds. The molecule has 0 saturated carbocycles. The Labute approximate surface area is 292 Å². The Morgan fingerprint density at radius 1 is 1.22 bits per heavy atom. The summed E-state index contributed by atoms with van der Waals surface area (Å²) < 4.78 is 29.2. The number of aliphatic hydroxyl groups is 1. The van der Waals surface area contributed by atoms with E-state index in [0.717, 1.165) is 11.1 Å². The molecule has 0 aromatic heterocycles. The zero-order valence-corrected chi connectivity index (χ0v) is 30.5. The Morgan fingerprint density at radius 3 is 2.51 bits per heavy atom. The van der Waals surface area contributed by atoms with Crippen molar-refractivity contribution in [3.8, 4) is 5.75 Å². The van der Waals surface area contributed by atoms with Crippen molar-refractivity contribution in [2.24, 2.45) is 11.8 Å². The second-order valence-electron chi connectivity index (χ2n) is 13.5. The van der Waals surface area contributed by atoms with Crippen molar-refractivity contribution < 1.29 is 48.0 Å². The first kappa shape index (κ1) is 38.2. The van der Waals surface area contributed by atoms with E-state index in [2.05, 4.69) is 5.32 Å². The maximum atomic E-state index is 14.3. The lowest BCUT2D eigenvalue weighted by Gasteiger charge is -2.42. The van der Waals surface area contributed by atoms with E-state index in [9.17, 15) is 24.3 Å². The second-order valence-corrected chi connectivity index (χ2v) is 13.9. The van der Waals surface area contributed by atoms with E-state index < -0.39 is 71.6 Å². The summed E-state index contributed by atoms with van der Waals surface area (Å²) in [5.41, 5.74) is -0.913. The number of ether oxygens (including phenoxy) is 5. The number of nitrogens with one attached hydrogen (secondary N) is 1. The maximum absolute atomic E-state index is 14.3. The first-order valence-corrected chi connectivity index (χ1v) is 16.6. The second kappa shape index (κ2) is 14.7. The lowest BCUT2D eigenvalue weighted by Crippen LogP contribution is -2.63. The fraction of sp³-hybridized carbons (Fsp3) is 0.600. The number of rotatable bonds is 5. The highest BCUT2D eigenvalue weighted by molar-refractivity contribution is 6.35. The fourth-order valence-corrected chi connectivity index (χ4v) is 7.02. The van der Waals surface area contributed by atoms with Crippen LogP contribution in [0.4, 0.5) is 10.5 Å². The third kappa shape index (κ3) is 7.74. The highest BCUT2D eigenvalue weighted by atomic mass is 35.5. The third-order valence-electron chi connectivity index (χ3n) is 9.98. The van der Waals surface area contributed by atoms with Crippen LogP contribution < -0.4 is 15.0 Å². The average Bonchev–Trinajstić information content (AvgIpc) is 3.74. The molecule has 9 atom stereocenters. The van der Waals surface area contributed by atoms with E-state index >= 15 is 0 Å². The summed E-state index contributed by atoms with van der Waals surface area (Å²) >= 11 is 6.76. The highest BCUT2D eigenvalue weighted by Gasteiger charge is 2.66. The Morgan fingerprint density at radius 2 is 1.90 bits per heavy atom. The summed E-state index contributed by atoms with van der Waals surface area (Å²) in [6.45, 7) is 9.94. The molecule has 270 valence electrons. The smallest absolute Gasteiger partial charge is 0.409 e. The SMILES string of the molecule is COc1cc2cc(c1Cl)N(C)C(=O)C(C)[C@H](OC(=O)[C@H](C)N(C)C(C)=O)[C@]1(C)O[C@H]1[C@H](C)[C@@H]1C[C@@](O)(NC(=O)O1)C(OC)/C=C/C=C(\C)C2. The van der Waals surface area contributed by atoms with Crippen molar-refractivity contribution in [1.82, 2.24) is 10.2 Å². The number of epoxide rings is 1. The Hall–Kier alpha value is -3.65. The predicted molar refractivity (Wildman–Crippen MR) is 181 cm³/mol. The fourth-order valence-electron chi connectivity index (χ4n) is 6.71. The first-order chi connectivity index (χ1) is 22.9. The number of alkyl carbamates (subject to hydrolysis) is 1. The molecule has 0 aliphatic carbocycles. The van der Waals surface area contributed by atoms with E-state index in [1.165, 1.54) is 44.9 Å². The minimum atomic E-state index is -1.82. The van der Waals surface area contributed by atoms with Crippen molar-refractivity contribution in [2.75, 3.05) is 33.2 Å². The standard InChI is InChI=1S/C35H48ClN3O10/c1-18-12-11-13-27(46-10)35(44)17-26(47-33(43)37-35)19(2)30-34(6,49-30)29(48-32(42)21(4)38(7)22(5)40)20(3)31(41)39(8)24-15-23(14-18)16-25(45-9)28(24)36/h11-13,15-16,19-21,26-27,29-30,44H,14,17H2,1-10H3,(H,37,43)/b13-11+,18-12+/t19-,20?,21+,26+,27?,29+,30+,34+,35+/m1/s1. The van der Waals surface area contributed by atoms with Gasteiger partial charge in [0.15, 0.2) is 5.72 Å². The van der Waals surface area contributed by atoms with Gasteiger partial charge in [0.1, 0.15) is 40.7 Å². The summed E-state index contributed by atoms with van der Waals surface area (Å²) in [4.78, 5) is 55.3. The number of carbonyl (C=O) groups excluding carboxylic acids is 4. The van der Waals surface area contributed by atoms with Crippen molar-refractivity contribution in [2.45, 2.75) is 96.2 Å². The predicted octanol–water partition coefficient (Wildman–Crippen LogP) is 3.78. The van der Waals surface area contributed by atoms with Crippen LogP contribution in [0.3, 0.4) is 0 Å². The van der Waals surface area contributed by atoms with Gasteiger partial charge in [-0.25, -0.2) is 9.59 Å². The van der Waals surface area contributed by atoms with E-state index in [4.69, 9.17) is 35.3 Å². The van der Waals surface area contributed by atoms with Crippen LogP contribution in [0.5, 0.6) is 5.75 Å². The van der Waals surface area contributed by atoms with Crippen LogP contribution >= 0.6 is 11.6 Å².